The number of hydrogen-bond acceptors (Lipinski definition) is 3. The molecule has 18 heavy (non-hydrogen) atoms. The standard InChI is InChI=1S/C13H19F2NO2/c1-8-4-11(14)13(12(15)5-8)16(6-9(2)17)7-10(3)18/h4-5,9-10,17-18H,6-7H2,1-3H3. The van der Waals surface area contributed by atoms with Gasteiger partial charge in [0.1, 0.15) is 17.3 Å². The minimum absolute atomic E-state index is 0.0573. The van der Waals surface area contributed by atoms with Crippen LogP contribution in [0.25, 0.3) is 0 Å². The van der Waals surface area contributed by atoms with Crippen LogP contribution in [0, 0.1) is 18.6 Å². The van der Waals surface area contributed by atoms with Crippen LogP contribution in [0.15, 0.2) is 12.1 Å². The maximum Gasteiger partial charge on any atom is 0.149 e. The summed E-state index contributed by atoms with van der Waals surface area (Å²) in [6.07, 6.45) is -1.49. The Balaban J connectivity index is 3.11. The Hall–Kier alpha value is -1.20. The fourth-order valence-corrected chi connectivity index (χ4v) is 1.89. The second kappa shape index (κ2) is 6.11. The minimum atomic E-state index is -0.746. The molecule has 0 spiro atoms. The molecule has 0 aliphatic carbocycles. The number of benzene rings is 1. The fourth-order valence-electron chi connectivity index (χ4n) is 1.89. The highest BCUT2D eigenvalue weighted by Gasteiger charge is 2.20. The Morgan fingerprint density at radius 2 is 1.44 bits per heavy atom. The van der Waals surface area contributed by atoms with Crippen LogP contribution in [-0.4, -0.2) is 35.5 Å². The Bertz CT molecular complexity index is 375. The summed E-state index contributed by atoms with van der Waals surface area (Å²) in [5.41, 5.74) is 0.283. The second-order valence-electron chi connectivity index (χ2n) is 4.68. The molecule has 102 valence electrons. The number of aliphatic hydroxyl groups excluding tert-OH is 2. The van der Waals surface area contributed by atoms with Crippen LogP contribution in [0.5, 0.6) is 0 Å². The van der Waals surface area contributed by atoms with E-state index in [1.54, 1.807) is 6.92 Å². The third-order valence-corrected chi connectivity index (χ3v) is 2.45. The number of nitrogens with zero attached hydrogens (tertiary/aromatic N) is 1. The van der Waals surface area contributed by atoms with Gasteiger partial charge in [-0.25, -0.2) is 8.78 Å². The molecule has 2 N–H and O–H groups in total. The third kappa shape index (κ3) is 3.92. The second-order valence-corrected chi connectivity index (χ2v) is 4.68. The number of hydrogen-bond donors (Lipinski definition) is 2. The molecule has 0 saturated carbocycles. The van der Waals surface area contributed by atoms with Crippen LogP contribution >= 0.6 is 0 Å². The number of aliphatic hydroxyl groups is 2. The summed E-state index contributed by atoms with van der Waals surface area (Å²) in [6.45, 7) is 4.77. The van der Waals surface area contributed by atoms with Crippen LogP contribution in [0.4, 0.5) is 14.5 Å². The molecule has 0 aliphatic rings. The normalized spacial score (nSPS) is 14.4. The molecule has 0 bridgehead atoms. The SMILES string of the molecule is Cc1cc(F)c(N(CC(C)O)CC(C)O)c(F)c1. The van der Waals surface area contributed by atoms with E-state index in [-0.39, 0.29) is 18.8 Å². The van der Waals surface area contributed by atoms with Gasteiger partial charge in [-0.2, -0.15) is 0 Å². The molecular weight excluding hydrogens is 240 g/mol. The van der Waals surface area contributed by atoms with Gasteiger partial charge in [0, 0.05) is 13.1 Å². The lowest BCUT2D eigenvalue weighted by atomic mass is 10.1. The number of aryl methyl sites for hydroxylation is 1. The van der Waals surface area contributed by atoms with E-state index in [0.29, 0.717) is 5.56 Å². The van der Waals surface area contributed by atoms with Gasteiger partial charge < -0.3 is 15.1 Å². The van der Waals surface area contributed by atoms with Crippen LogP contribution < -0.4 is 4.90 Å². The van der Waals surface area contributed by atoms with Crippen LogP contribution in [0.2, 0.25) is 0 Å². The van der Waals surface area contributed by atoms with E-state index in [0.717, 1.165) is 0 Å². The Kier molecular flexibility index (Phi) is 5.04. The van der Waals surface area contributed by atoms with Gasteiger partial charge in [-0.05, 0) is 38.5 Å². The van der Waals surface area contributed by atoms with E-state index in [9.17, 15) is 19.0 Å². The smallest absolute Gasteiger partial charge is 0.149 e. The van der Waals surface area contributed by atoms with E-state index >= 15 is 0 Å². The van der Waals surface area contributed by atoms with Crippen molar-refractivity contribution in [1.82, 2.24) is 0 Å². The summed E-state index contributed by atoms with van der Waals surface area (Å²) >= 11 is 0. The molecule has 0 aliphatic heterocycles. The summed E-state index contributed by atoms with van der Waals surface area (Å²) in [5.74, 6) is -1.37. The van der Waals surface area contributed by atoms with Crippen LogP contribution in [-0.2, 0) is 0 Å². The summed E-state index contributed by atoms with van der Waals surface area (Å²) in [7, 11) is 0. The number of halogens is 2. The van der Waals surface area contributed by atoms with E-state index in [2.05, 4.69) is 0 Å². The maximum absolute atomic E-state index is 13.8. The molecule has 0 saturated heterocycles. The van der Waals surface area contributed by atoms with E-state index in [1.165, 1.54) is 30.9 Å². The minimum Gasteiger partial charge on any atom is -0.392 e. The lowest BCUT2D eigenvalue weighted by Crippen LogP contribution is -2.37. The first-order valence-corrected chi connectivity index (χ1v) is 5.88. The Morgan fingerprint density at radius 1 is 1.06 bits per heavy atom. The molecular formula is C13H19F2NO2. The summed E-state index contributed by atoms with van der Waals surface area (Å²) in [6, 6.07) is 2.46. The highest BCUT2D eigenvalue weighted by atomic mass is 19.1. The molecule has 1 aromatic carbocycles. The average Bonchev–Trinajstić information content (AvgIpc) is 2.12. The Labute approximate surface area is 106 Å². The fraction of sp³-hybridized carbons (Fsp3) is 0.538. The van der Waals surface area contributed by atoms with Crippen molar-refractivity contribution in [3.63, 3.8) is 0 Å². The molecule has 0 amide bonds. The zero-order valence-corrected chi connectivity index (χ0v) is 10.8. The molecule has 1 aromatic rings. The van der Waals surface area contributed by atoms with E-state index in [4.69, 9.17) is 0 Å². The Morgan fingerprint density at radius 3 is 1.78 bits per heavy atom. The number of rotatable bonds is 5. The molecule has 5 heteroatoms. The summed E-state index contributed by atoms with van der Waals surface area (Å²) in [4.78, 5) is 1.32. The van der Waals surface area contributed by atoms with Gasteiger partial charge in [0.2, 0.25) is 0 Å². The van der Waals surface area contributed by atoms with Crippen molar-refractivity contribution >= 4 is 5.69 Å². The molecule has 0 heterocycles. The third-order valence-electron chi connectivity index (χ3n) is 2.45. The quantitative estimate of drug-likeness (QED) is 0.848. The predicted octanol–water partition coefficient (Wildman–Crippen LogP) is 1.84. The lowest BCUT2D eigenvalue weighted by molar-refractivity contribution is 0.177. The zero-order valence-electron chi connectivity index (χ0n) is 10.8. The average molecular weight is 259 g/mol. The molecule has 2 atom stereocenters. The lowest BCUT2D eigenvalue weighted by Gasteiger charge is -2.28. The van der Waals surface area contributed by atoms with E-state index < -0.39 is 23.8 Å². The first-order chi connectivity index (χ1) is 8.31. The van der Waals surface area contributed by atoms with Crippen molar-refractivity contribution in [1.29, 1.82) is 0 Å². The predicted molar refractivity (Wildman–Crippen MR) is 66.7 cm³/mol. The van der Waals surface area contributed by atoms with Crippen LogP contribution in [0.3, 0.4) is 0 Å². The number of anilines is 1. The van der Waals surface area contributed by atoms with Gasteiger partial charge in [0.25, 0.3) is 0 Å². The van der Waals surface area contributed by atoms with Crippen molar-refractivity contribution in [3.8, 4) is 0 Å². The van der Waals surface area contributed by atoms with Gasteiger partial charge in [-0.3, -0.25) is 0 Å². The van der Waals surface area contributed by atoms with Crippen molar-refractivity contribution in [2.24, 2.45) is 0 Å². The highest BCUT2D eigenvalue weighted by Crippen LogP contribution is 2.25. The maximum atomic E-state index is 13.8. The molecule has 0 radical (unpaired) electrons. The van der Waals surface area contributed by atoms with Gasteiger partial charge in [-0.1, -0.05) is 0 Å². The summed E-state index contributed by atoms with van der Waals surface area (Å²) in [5, 5.41) is 18.7. The van der Waals surface area contributed by atoms with Crippen molar-refractivity contribution in [2.75, 3.05) is 18.0 Å². The van der Waals surface area contributed by atoms with Crippen LogP contribution in [0.1, 0.15) is 19.4 Å². The molecule has 0 aromatic heterocycles. The van der Waals surface area contributed by atoms with Gasteiger partial charge in [0.15, 0.2) is 0 Å². The highest BCUT2D eigenvalue weighted by molar-refractivity contribution is 5.50. The largest absolute Gasteiger partial charge is 0.392 e. The molecule has 1 rings (SSSR count). The van der Waals surface area contributed by atoms with Crippen molar-refractivity contribution in [2.45, 2.75) is 33.0 Å². The summed E-state index contributed by atoms with van der Waals surface area (Å²) < 4.78 is 27.6. The first kappa shape index (κ1) is 14.9. The van der Waals surface area contributed by atoms with Gasteiger partial charge in [-0.15, -0.1) is 0 Å². The van der Waals surface area contributed by atoms with Gasteiger partial charge >= 0.3 is 0 Å². The van der Waals surface area contributed by atoms with E-state index in [1.807, 2.05) is 0 Å². The van der Waals surface area contributed by atoms with Crippen molar-refractivity contribution < 1.29 is 19.0 Å². The topological polar surface area (TPSA) is 43.7 Å². The molecule has 0 fully saturated rings. The van der Waals surface area contributed by atoms with Crippen molar-refractivity contribution in [3.05, 3.63) is 29.3 Å². The molecule has 2 unspecified atom stereocenters. The molecule has 3 nitrogen and oxygen atoms in total. The monoisotopic (exact) mass is 259 g/mol. The first-order valence-electron chi connectivity index (χ1n) is 5.88. The zero-order chi connectivity index (χ0) is 13.9. The van der Waals surface area contributed by atoms with Gasteiger partial charge in [0.05, 0.1) is 12.2 Å².